The summed E-state index contributed by atoms with van der Waals surface area (Å²) in [5.41, 5.74) is 0. The summed E-state index contributed by atoms with van der Waals surface area (Å²) in [5.74, 6) is 0.953. The van der Waals surface area contributed by atoms with Crippen molar-refractivity contribution in [3.8, 4) is 0 Å². The fourth-order valence-electron chi connectivity index (χ4n) is 3.68. The van der Waals surface area contributed by atoms with Crippen molar-refractivity contribution in [2.45, 2.75) is 58.5 Å². The van der Waals surface area contributed by atoms with Gasteiger partial charge in [0.05, 0.1) is 25.2 Å². The third-order valence-corrected chi connectivity index (χ3v) is 4.95. The highest BCUT2D eigenvalue weighted by atomic mass is 15.4. The molecule has 0 aromatic rings. The standard InChI is InChI=1S/C12H24N/c1-10-6-7-11(2)13(12(10)3)8-4-5-9-13/h10-12H,4-9H2,1-3H3/q+1. The summed E-state index contributed by atoms with van der Waals surface area (Å²) in [4.78, 5) is 0. The highest BCUT2D eigenvalue weighted by Gasteiger charge is 2.46. The first-order valence-corrected chi connectivity index (χ1v) is 6.03. The van der Waals surface area contributed by atoms with Crippen LogP contribution < -0.4 is 0 Å². The number of piperidine rings is 1. The largest absolute Gasteiger partial charge is 0.319 e. The Bertz CT molecular complexity index is 182. The van der Waals surface area contributed by atoms with E-state index in [-0.39, 0.29) is 0 Å². The van der Waals surface area contributed by atoms with Gasteiger partial charge in [0.15, 0.2) is 0 Å². The van der Waals surface area contributed by atoms with Crippen LogP contribution in [0.3, 0.4) is 0 Å². The third-order valence-electron chi connectivity index (χ3n) is 4.95. The van der Waals surface area contributed by atoms with Crippen molar-refractivity contribution in [1.29, 1.82) is 0 Å². The van der Waals surface area contributed by atoms with Crippen LogP contribution in [-0.2, 0) is 0 Å². The zero-order valence-corrected chi connectivity index (χ0v) is 9.42. The molecule has 2 aliphatic rings. The topological polar surface area (TPSA) is 0 Å². The van der Waals surface area contributed by atoms with E-state index in [4.69, 9.17) is 0 Å². The summed E-state index contributed by atoms with van der Waals surface area (Å²) < 4.78 is 1.46. The van der Waals surface area contributed by atoms with Gasteiger partial charge in [-0.25, -0.2) is 0 Å². The summed E-state index contributed by atoms with van der Waals surface area (Å²) in [5, 5.41) is 0. The highest BCUT2D eigenvalue weighted by Crippen LogP contribution is 2.38. The molecule has 2 aliphatic heterocycles. The molecule has 1 nitrogen and oxygen atoms in total. The molecule has 0 bridgehead atoms. The number of hydrogen-bond donors (Lipinski definition) is 0. The van der Waals surface area contributed by atoms with Crippen LogP contribution in [-0.4, -0.2) is 29.7 Å². The average Bonchev–Trinajstić information content (AvgIpc) is 2.59. The first-order valence-electron chi connectivity index (χ1n) is 6.03. The van der Waals surface area contributed by atoms with Gasteiger partial charge in [0, 0.05) is 18.8 Å². The molecule has 0 aromatic carbocycles. The lowest BCUT2D eigenvalue weighted by Gasteiger charge is -2.51. The Morgan fingerprint density at radius 3 is 2.15 bits per heavy atom. The van der Waals surface area contributed by atoms with E-state index in [9.17, 15) is 0 Å². The van der Waals surface area contributed by atoms with Crippen molar-refractivity contribution in [1.82, 2.24) is 0 Å². The zero-order valence-electron chi connectivity index (χ0n) is 9.42. The smallest absolute Gasteiger partial charge is 0.0889 e. The summed E-state index contributed by atoms with van der Waals surface area (Å²) >= 11 is 0. The summed E-state index contributed by atoms with van der Waals surface area (Å²) in [7, 11) is 0. The van der Waals surface area contributed by atoms with Gasteiger partial charge >= 0.3 is 0 Å². The molecule has 2 heterocycles. The Labute approximate surface area is 82.7 Å². The molecule has 0 amide bonds. The van der Waals surface area contributed by atoms with E-state index in [0.29, 0.717) is 0 Å². The van der Waals surface area contributed by atoms with Gasteiger partial charge in [0.25, 0.3) is 0 Å². The van der Waals surface area contributed by atoms with Crippen LogP contribution in [0.4, 0.5) is 0 Å². The molecular formula is C12H24N+. The predicted molar refractivity (Wildman–Crippen MR) is 56.6 cm³/mol. The Hall–Kier alpha value is -0.0400. The van der Waals surface area contributed by atoms with Crippen molar-refractivity contribution in [3.05, 3.63) is 0 Å². The first-order chi connectivity index (χ1) is 6.17. The van der Waals surface area contributed by atoms with Gasteiger partial charge in [0.1, 0.15) is 0 Å². The summed E-state index contributed by atoms with van der Waals surface area (Å²) in [6, 6.07) is 1.86. The van der Waals surface area contributed by atoms with Crippen LogP contribution in [0.15, 0.2) is 0 Å². The Morgan fingerprint density at radius 2 is 1.54 bits per heavy atom. The van der Waals surface area contributed by atoms with E-state index in [1.165, 1.54) is 43.3 Å². The molecule has 2 saturated heterocycles. The maximum atomic E-state index is 2.49. The number of rotatable bonds is 0. The number of hydrogen-bond acceptors (Lipinski definition) is 0. The molecule has 1 heteroatoms. The van der Waals surface area contributed by atoms with E-state index in [1.54, 1.807) is 0 Å². The van der Waals surface area contributed by atoms with Crippen molar-refractivity contribution in [3.63, 3.8) is 0 Å². The quantitative estimate of drug-likeness (QED) is 0.505. The lowest BCUT2D eigenvalue weighted by molar-refractivity contribution is -0.968. The zero-order chi connectivity index (χ0) is 9.47. The van der Waals surface area contributed by atoms with Gasteiger partial charge in [-0.3, -0.25) is 0 Å². The minimum atomic E-state index is 0.922. The molecule has 0 N–H and O–H groups in total. The third kappa shape index (κ3) is 1.32. The van der Waals surface area contributed by atoms with Crippen LogP contribution in [0.2, 0.25) is 0 Å². The Morgan fingerprint density at radius 1 is 0.923 bits per heavy atom. The lowest BCUT2D eigenvalue weighted by atomic mass is 9.85. The Balaban J connectivity index is 2.20. The average molecular weight is 182 g/mol. The second kappa shape index (κ2) is 3.27. The molecule has 1 spiro atoms. The molecule has 3 atom stereocenters. The fraction of sp³-hybridized carbons (Fsp3) is 1.00. The van der Waals surface area contributed by atoms with E-state index in [1.807, 2.05) is 0 Å². The molecule has 0 radical (unpaired) electrons. The molecule has 2 rings (SSSR count). The van der Waals surface area contributed by atoms with Crippen molar-refractivity contribution < 1.29 is 4.48 Å². The van der Waals surface area contributed by atoms with Gasteiger partial charge in [0.2, 0.25) is 0 Å². The van der Waals surface area contributed by atoms with E-state index in [0.717, 1.165) is 18.0 Å². The van der Waals surface area contributed by atoms with Crippen molar-refractivity contribution in [2.75, 3.05) is 13.1 Å². The molecule has 0 saturated carbocycles. The van der Waals surface area contributed by atoms with E-state index < -0.39 is 0 Å². The monoisotopic (exact) mass is 182 g/mol. The Kier molecular flexibility index (Phi) is 2.39. The fourth-order valence-corrected chi connectivity index (χ4v) is 3.68. The van der Waals surface area contributed by atoms with Crippen LogP contribution in [0.5, 0.6) is 0 Å². The summed E-state index contributed by atoms with van der Waals surface area (Å²) in [6.07, 6.45) is 5.87. The number of nitrogens with zero attached hydrogens (tertiary/aromatic N) is 1. The lowest BCUT2D eigenvalue weighted by Crippen LogP contribution is -2.62. The van der Waals surface area contributed by atoms with Gasteiger partial charge < -0.3 is 4.48 Å². The van der Waals surface area contributed by atoms with Crippen LogP contribution in [0.1, 0.15) is 46.5 Å². The summed E-state index contributed by atoms with van der Waals surface area (Å²) in [6.45, 7) is 10.4. The molecular weight excluding hydrogens is 158 g/mol. The van der Waals surface area contributed by atoms with Crippen LogP contribution in [0.25, 0.3) is 0 Å². The maximum absolute atomic E-state index is 2.49. The van der Waals surface area contributed by atoms with Gasteiger partial charge in [-0.1, -0.05) is 6.92 Å². The molecule has 76 valence electrons. The maximum Gasteiger partial charge on any atom is 0.0889 e. The van der Waals surface area contributed by atoms with E-state index in [2.05, 4.69) is 20.8 Å². The second-order valence-corrected chi connectivity index (χ2v) is 5.40. The molecule has 13 heavy (non-hydrogen) atoms. The van der Waals surface area contributed by atoms with Crippen LogP contribution >= 0.6 is 0 Å². The minimum Gasteiger partial charge on any atom is -0.319 e. The minimum absolute atomic E-state index is 0.922. The van der Waals surface area contributed by atoms with Crippen molar-refractivity contribution in [2.24, 2.45) is 5.92 Å². The molecule has 0 aliphatic carbocycles. The van der Waals surface area contributed by atoms with E-state index >= 15 is 0 Å². The van der Waals surface area contributed by atoms with Crippen LogP contribution in [0, 0.1) is 5.92 Å². The van der Waals surface area contributed by atoms with Gasteiger partial charge in [-0.05, 0) is 26.7 Å². The molecule has 2 fully saturated rings. The predicted octanol–water partition coefficient (Wildman–Crippen LogP) is 2.80. The van der Waals surface area contributed by atoms with Crippen molar-refractivity contribution >= 4 is 0 Å². The second-order valence-electron chi connectivity index (χ2n) is 5.40. The SMILES string of the molecule is CC1CCC(C)[N+]2(CCCC2)C1C. The first kappa shape index (κ1) is 9.51. The van der Waals surface area contributed by atoms with Gasteiger partial charge in [-0.15, -0.1) is 0 Å². The molecule has 3 unspecified atom stereocenters. The molecule has 0 aromatic heterocycles. The van der Waals surface area contributed by atoms with Gasteiger partial charge in [-0.2, -0.15) is 0 Å². The number of quaternary nitrogens is 1. The normalized spacial score (nSPS) is 44.1. The highest BCUT2D eigenvalue weighted by molar-refractivity contribution is 4.76.